The molecule has 0 amide bonds. The molecule has 0 unspecified atom stereocenters. The van der Waals surface area contributed by atoms with Gasteiger partial charge in [0.15, 0.2) is 13.7 Å². The number of para-hydroxylation sites is 1. The third kappa shape index (κ3) is 6.86. The van der Waals surface area contributed by atoms with Gasteiger partial charge in [0.1, 0.15) is 16.4 Å². The van der Waals surface area contributed by atoms with E-state index < -0.39 is 13.7 Å². The summed E-state index contributed by atoms with van der Waals surface area (Å²) < 4.78 is 7.00. The van der Waals surface area contributed by atoms with Gasteiger partial charge >= 0.3 is 0 Å². The van der Waals surface area contributed by atoms with Gasteiger partial charge in [-0.3, -0.25) is 4.99 Å². The zero-order valence-electron chi connectivity index (χ0n) is 21.2. The second kappa shape index (κ2) is 13.3. The van der Waals surface area contributed by atoms with E-state index in [-0.39, 0.29) is 41.0 Å². The second-order valence-electron chi connectivity index (χ2n) is 8.88. The van der Waals surface area contributed by atoms with Crippen molar-refractivity contribution in [3.8, 4) is 0 Å². The molecule has 0 spiro atoms. The molecule has 0 bridgehead atoms. The molecule has 0 aliphatic carbocycles. The van der Waals surface area contributed by atoms with Crippen molar-refractivity contribution in [2.45, 2.75) is 39.3 Å². The number of hydrogen-bond donors (Lipinski definition) is 0. The van der Waals surface area contributed by atoms with Crippen LogP contribution in [0.25, 0.3) is 0 Å². The maximum Gasteiger partial charge on any atom is 0.199 e. The molecule has 0 saturated carbocycles. The first kappa shape index (κ1) is 30.2. The van der Waals surface area contributed by atoms with Gasteiger partial charge in [-0.1, -0.05) is 68.4 Å². The minimum absolute atomic E-state index is 0. The van der Waals surface area contributed by atoms with E-state index in [1.807, 2.05) is 0 Å². The van der Waals surface area contributed by atoms with Crippen LogP contribution in [-0.2, 0) is 24.6 Å². The predicted molar refractivity (Wildman–Crippen MR) is 148 cm³/mol. The molecule has 1 aliphatic rings. The van der Waals surface area contributed by atoms with Crippen LogP contribution in [0.4, 0.5) is 5.69 Å². The number of benzene rings is 3. The van der Waals surface area contributed by atoms with Crippen molar-refractivity contribution in [2.24, 2.45) is 10.9 Å². The summed E-state index contributed by atoms with van der Waals surface area (Å²) in [6, 6.07) is 32.0. The van der Waals surface area contributed by atoms with Crippen molar-refractivity contribution in [1.29, 1.82) is 0 Å². The zero-order valence-corrected chi connectivity index (χ0v) is 24.6. The van der Waals surface area contributed by atoms with E-state index in [0.717, 1.165) is 12.4 Å². The van der Waals surface area contributed by atoms with Crippen molar-refractivity contribution in [3.05, 3.63) is 106 Å². The summed E-state index contributed by atoms with van der Waals surface area (Å²) in [5.74, 6) is 1.50. The molecule has 3 aromatic carbocycles. The van der Waals surface area contributed by atoms with Crippen LogP contribution in [0.1, 0.15) is 27.7 Å². The Morgan fingerprint density at radius 3 is 1.71 bits per heavy atom. The third-order valence-corrected chi connectivity index (χ3v) is 8.15. The number of anilines is 1. The Bertz CT molecular complexity index is 971. The smallest absolute Gasteiger partial charge is 0.199 e. The number of amidine groups is 1. The summed E-state index contributed by atoms with van der Waals surface area (Å²) in [5.41, 5.74) is 0.647. The average Bonchev–Trinajstić information content (AvgIpc) is 3.26. The van der Waals surface area contributed by atoms with E-state index in [9.17, 15) is 0 Å². The molecule has 0 N–H and O–H groups in total. The quantitative estimate of drug-likeness (QED) is 0.218. The second-order valence-corrected chi connectivity index (χ2v) is 10.9. The fourth-order valence-corrected chi connectivity index (χ4v) is 6.14. The number of aliphatic imine (C=N–C) groups is 1. The van der Waals surface area contributed by atoms with Gasteiger partial charge in [0.25, 0.3) is 0 Å². The normalized spacial score (nSPS) is 15.3. The van der Waals surface area contributed by atoms with Crippen LogP contribution < -0.4 is 15.5 Å². The molecule has 3 aromatic rings. The Kier molecular flexibility index (Phi) is 11.8. The average molecular weight is 654 g/mol. The van der Waals surface area contributed by atoms with E-state index in [4.69, 9.17) is 9.52 Å². The standard InChI is InChI=1S/C27H31N2OP.2CH3.Ir/c1-21(2)25-20-29(22-14-8-5-9-15-22)26(28-25)27(3,4)30-31(23-16-10-6-11-17-23)24-18-12-7-13-19-24;;;/h5-19,21,25H,20H2,1-4H3;2*1H3;/q;2*-1;/p+1/t25-;;;/m1.../s1. The molecule has 1 aliphatic heterocycles. The number of hydrogen-bond acceptors (Lipinski definition) is 3. The summed E-state index contributed by atoms with van der Waals surface area (Å²) in [6.45, 7) is 9.72. The predicted octanol–water partition coefficient (Wildman–Crippen LogP) is 6.40. The molecule has 0 saturated heterocycles. The molecular formula is C29H38IrN2OP-. The van der Waals surface area contributed by atoms with Gasteiger partial charge < -0.3 is 19.8 Å². The van der Waals surface area contributed by atoms with Crippen LogP contribution in [0.5, 0.6) is 0 Å². The third-order valence-electron chi connectivity index (χ3n) is 5.72. The molecule has 1 radical (unpaired) electrons. The Balaban J connectivity index is 0.00000193. The van der Waals surface area contributed by atoms with Crippen molar-refractivity contribution in [3.63, 3.8) is 0 Å². The number of nitrogens with zero attached hydrogens (tertiary/aromatic N) is 2. The van der Waals surface area contributed by atoms with E-state index >= 15 is 0 Å². The molecule has 34 heavy (non-hydrogen) atoms. The fourth-order valence-electron chi connectivity index (χ4n) is 3.98. The van der Waals surface area contributed by atoms with Gasteiger partial charge in [-0.15, -0.1) is 0 Å². The fraction of sp³-hybridized carbons (Fsp3) is 0.276. The van der Waals surface area contributed by atoms with Crippen molar-refractivity contribution in [2.75, 3.05) is 11.4 Å². The maximum atomic E-state index is 7.00. The topological polar surface area (TPSA) is 24.8 Å². The first-order valence-electron chi connectivity index (χ1n) is 11.0. The van der Waals surface area contributed by atoms with E-state index in [2.05, 4.69) is 124 Å². The van der Waals surface area contributed by atoms with Crippen molar-refractivity contribution >= 4 is 30.3 Å². The Morgan fingerprint density at radius 2 is 1.26 bits per heavy atom. The van der Waals surface area contributed by atoms with Crippen LogP contribution in [-0.4, -0.2) is 24.0 Å². The van der Waals surface area contributed by atoms with Gasteiger partial charge in [0, 0.05) is 32.3 Å². The van der Waals surface area contributed by atoms with E-state index in [0.29, 0.717) is 5.92 Å². The SMILES string of the molecule is CC(C)[C@H]1CN(c2ccccc2)C(C(C)(C)O[PH+](c2ccccc2)c2ccccc2)=N1.[CH3-].[CH3-].[Ir]. The molecule has 0 fully saturated rings. The van der Waals surface area contributed by atoms with Gasteiger partial charge in [-0.2, -0.15) is 0 Å². The molecule has 185 valence electrons. The summed E-state index contributed by atoms with van der Waals surface area (Å²) in [6.07, 6.45) is 0. The van der Waals surface area contributed by atoms with Crippen LogP contribution in [0, 0.1) is 20.8 Å². The molecule has 4 rings (SSSR count). The molecule has 1 atom stereocenters. The van der Waals surface area contributed by atoms with Crippen molar-refractivity contribution in [1.82, 2.24) is 0 Å². The molecule has 1 heterocycles. The van der Waals surface area contributed by atoms with Gasteiger partial charge in [-0.25, -0.2) is 4.52 Å². The summed E-state index contributed by atoms with van der Waals surface area (Å²) >= 11 is 0. The Labute approximate surface area is 221 Å². The Morgan fingerprint density at radius 1 is 0.824 bits per heavy atom. The van der Waals surface area contributed by atoms with Gasteiger partial charge in [0.05, 0.1) is 6.04 Å². The molecule has 0 aromatic heterocycles. The monoisotopic (exact) mass is 654 g/mol. The summed E-state index contributed by atoms with van der Waals surface area (Å²) in [5, 5.41) is 2.49. The van der Waals surface area contributed by atoms with Gasteiger partial charge in [-0.05, 0) is 56.2 Å². The minimum Gasteiger partial charge on any atom is -0.358 e. The number of rotatable bonds is 7. The summed E-state index contributed by atoms with van der Waals surface area (Å²) in [7, 11) is -1.44. The van der Waals surface area contributed by atoms with Crippen LogP contribution in [0.2, 0.25) is 0 Å². The summed E-state index contributed by atoms with van der Waals surface area (Å²) in [4.78, 5) is 7.54. The van der Waals surface area contributed by atoms with Gasteiger partial charge in [0.2, 0.25) is 0 Å². The first-order chi connectivity index (χ1) is 15.0. The van der Waals surface area contributed by atoms with Crippen LogP contribution >= 0.6 is 8.15 Å². The van der Waals surface area contributed by atoms with E-state index in [1.54, 1.807) is 0 Å². The Hall–Kier alpha value is -1.83. The molecule has 3 nitrogen and oxygen atoms in total. The van der Waals surface area contributed by atoms with E-state index in [1.165, 1.54) is 16.3 Å². The minimum atomic E-state index is -1.44. The maximum absolute atomic E-state index is 7.00. The molecular weight excluding hydrogens is 616 g/mol. The van der Waals surface area contributed by atoms with Crippen molar-refractivity contribution < 1.29 is 24.6 Å². The van der Waals surface area contributed by atoms with Crippen LogP contribution in [0.3, 0.4) is 0 Å². The first-order valence-corrected chi connectivity index (χ1v) is 12.4. The zero-order chi connectivity index (χ0) is 21.8. The van der Waals surface area contributed by atoms with Crippen LogP contribution in [0.15, 0.2) is 96.0 Å². The molecule has 5 heteroatoms. The largest absolute Gasteiger partial charge is 0.358 e.